The summed E-state index contributed by atoms with van der Waals surface area (Å²) in [5, 5.41) is 14.1. The highest BCUT2D eigenvalue weighted by molar-refractivity contribution is 6.38. The van der Waals surface area contributed by atoms with Crippen molar-refractivity contribution in [3.63, 3.8) is 0 Å². The third-order valence-corrected chi connectivity index (χ3v) is 5.37. The molecule has 0 aliphatic carbocycles. The van der Waals surface area contributed by atoms with Gasteiger partial charge in [-0.15, -0.1) is 0 Å². The van der Waals surface area contributed by atoms with Gasteiger partial charge in [-0.25, -0.2) is 10.4 Å². The topological polar surface area (TPSA) is 103 Å². The third-order valence-electron chi connectivity index (χ3n) is 4.74. The van der Waals surface area contributed by atoms with Gasteiger partial charge in [0.1, 0.15) is 24.0 Å². The molecular formula is C25H17Cl2N5O2. The van der Waals surface area contributed by atoms with E-state index in [0.717, 1.165) is 5.56 Å². The van der Waals surface area contributed by atoms with Crippen LogP contribution in [0, 0.1) is 11.3 Å². The molecule has 0 radical (unpaired) electrons. The van der Waals surface area contributed by atoms with Gasteiger partial charge in [-0.05, 0) is 17.7 Å². The monoisotopic (exact) mass is 489 g/mol. The molecule has 0 atom stereocenters. The molecule has 1 heterocycles. The fraction of sp³-hybridized carbons (Fsp3) is 0.0400. The van der Waals surface area contributed by atoms with Crippen LogP contribution in [0.1, 0.15) is 16.7 Å². The van der Waals surface area contributed by atoms with E-state index >= 15 is 0 Å². The number of aromatic amines is 1. The van der Waals surface area contributed by atoms with E-state index in [2.05, 4.69) is 20.5 Å². The lowest BCUT2D eigenvalue weighted by molar-refractivity contribution is 0.306. The Morgan fingerprint density at radius 3 is 2.35 bits per heavy atom. The lowest BCUT2D eigenvalue weighted by Crippen LogP contribution is -2.16. The summed E-state index contributed by atoms with van der Waals surface area (Å²) >= 11 is 12.8. The summed E-state index contributed by atoms with van der Waals surface area (Å²) in [5.74, 6) is 0.587. The summed E-state index contributed by atoms with van der Waals surface area (Å²) in [6.07, 6.45) is 1.41. The van der Waals surface area contributed by atoms with Gasteiger partial charge in [-0.3, -0.25) is 9.78 Å². The van der Waals surface area contributed by atoms with Crippen molar-refractivity contribution < 1.29 is 4.74 Å². The second-order valence-electron chi connectivity index (χ2n) is 7.06. The predicted molar refractivity (Wildman–Crippen MR) is 133 cm³/mol. The molecule has 9 heteroatoms. The first kappa shape index (κ1) is 23.1. The highest BCUT2D eigenvalue weighted by Gasteiger charge is 2.13. The van der Waals surface area contributed by atoms with Gasteiger partial charge in [-0.1, -0.05) is 83.9 Å². The molecule has 0 aliphatic rings. The maximum absolute atomic E-state index is 12.3. The van der Waals surface area contributed by atoms with E-state index in [4.69, 9.17) is 27.9 Å². The fourth-order valence-corrected chi connectivity index (χ4v) is 3.67. The van der Waals surface area contributed by atoms with Crippen LogP contribution in [-0.2, 0) is 6.61 Å². The first-order chi connectivity index (χ1) is 16.5. The van der Waals surface area contributed by atoms with Gasteiger partial charge in [0.25, 0.3) is 5.56 Å². The fourth-order valence-electron chi connectivity index (χ4n) is 3.10. The first-order valence-corrected chi connectivity index (χ1v) is 10.9. The number of nitriles is 1. The summed E-state index contributed by atoms with van der Waals surface area (Å²) in [4.78, 5) is 19.2. The molecule has 1 aromatic heterocycles. The van der Waals surface area contributed by atoms with Crippen LogP contribution >= 0.6 is 23.2 Å². The highest BCUT2D eigenvalue weighted by Crippen LogP contribution is 2.29. The Morgan fingerprint density at radius 2 is 1.71 bits per heavy atom. The van der Waals surface area contributed by atoms with Crippen molar-refractivity contribution in [1.29, 1.82) is 5.26 Å². The minimum atomic E-state index is -0.579. The molecule has 7 nitrogen and oxygen atoms in total. The van der Waals surface area contributed by atoms with E-state index in [-0.39, 0.29) is 17.2 Å². The zero-order valence-corrected chi connectivity index (χ0v) is 19.1. The molecule has 0 aliphatic heterocycles. The van der Waals surface area contributed by atoms with E-state index < -0.39 is 5.56 Å². The molecule has 3 aromatic carbocycles. The average Bonchev–Trinajstić information content (AvgIpc) is 2.85. The van der Waals surface area contributed by atoms with Gasteiger partial charge in [0, 0.05) is 11.1 Å². The van der Waals surface area contributed by atoms with E-state index in [0.29, 0.717) is 33.5 Å². The molecule has 2 N–H and O–H groups in total. The SMILES string of the molecule is N#Cc1c(-c2ccccc2)nc(NN=Cc2c(Cl)cc(OCc3ccccc3)cc2Cl)[nH]c1=O. The van der Waals surface area contributed by atoms with E-state index in [1.165, 1.54) is 6.21 Å². The molecule has 0 saturated heterocycles. The number of rotatable bonds is 7. The quantitative estimate of drug-likeness (QED) is 0.258. The number of hydrogen-bond acceptors (Lipinski definition) is 6. The Kier molecular flexibility index (Phi) is 7.23. The number of halogens is 2. The average molecular weight is 490 g/mol. The third kappa shape index (κ3) is 5.44. The van der Waals surface area contributed by atoms with Gasteiger partial charge < -0.3 is 4.74 Å². The zero-order valence-electron chi connectivity index (χ0n) is 17.6. The summed E-state index contributed by atoms with van der Waals surface area (Å²) in [6, 6.07) is 23.8. The van der Waals surface area contributed by atoms with Crippen LogP contribution in [0.25, 0.3) is 11.3 Å². The minimum absolute atomic E-state index is 0.0640. The van der Waals surface area contributed by atoms with Crippen molar-refractivity contribution in [2.75, 3.05) is 5.43 Å². The van der Waals surface area contributed by atoms with Crippen molar-refractivity contribution in [1.82, 2.24) is 9.97 Å². The van der Waals surface area contributed by atoms with Gasteiger partial charge >= 0.3 is 0 Å². The molecule has 0 fully saturated rings. The van der Waals surface area contributed by atoms with Crippen LogP contribution in [0.5, 0.6) is 5.75 Å². The second-order valence-corrected chi connectivity index (χ2v) is 7.88. The molecule has 0 bridgehead atoms. The van der Waals surface area contributed by atoms with E-state index in [1.54, 1.807) is 36.4 Å². The minimum Gasteiger partial charge on any atom is -0.489 e. The first-order valence-electron chi connectivity index (χ1n) is 10.1. The Balaban J connectivity index is 1.52. The van der Waals surface area contributed by atoms with Crippen LogP contribution in [0.3, 0.4) is 0 Å². The molecule has 0 amide bonds. The molecule has 0 unspecified atom stereocenters. The van der Waals surface area contributed by atoms with Gasteiger partial charge in [0.15, 0.2) is 0 Å². The lowest BCUT2D eigenvalue weighted by Gasteiger charge is -2.09. The summed E-state index contributed by atoms with van der Waals surface area (Å²) in [5.41, 5.74) is 4.35. The van der Waals surface area contributed by atoms with Crippen molar-refractivity contribution in [3.8, 4) is 23.1 Å². The smallest absolute Gasteiger partial charge is 0.270 e. The van der Waals surface area contributed by atoms with Crippen molar-refractivity contribution in [2.45, 2.75) is 6.61 Å². The molecule has 4 rings (SSSR count). The Labute approximate surface area is 205 Å². The van der Waals surface area contributed by atoms with Crippen LogP contribution in [0.15, 0.2) is 82.7 Å². The molecule has 34 heavy (non-hydrogen) atoms. The number of hydrogen-bond donors (Lipinski definition) is 2. The van der Waals surface area contributed by atoms with E-state index in [9.17, 15) is 10.1 Å². The van der Waals surface area contributed by atoms with E-state index in [1.807, 2.05) is 42.5 Å². The Hall–Kier alpha value is -4.12. The highest BCUT2D eigenvalue weighted by atomic mass is 35.5. The second kappa shape index (κ2) is 10.7. The van der Waals surface area contributed by atoms with Crippen LogP contribution in [0.2, 0.25) is 10.0 Å². The molecule has 0 saturated carbocycles. The van der Waals surface area contributed by atoms with Crippen molar-refractivity contribution >= 4 is 35.4 Å². The van der Waals surface area contributed by atoms with Gasteiger partial charge in [0.05, 0.1) is 22.0 Å². The van der Waals surface area contributed by atoms with Crippen LogP contribution in [-0.4, -0.2) is 16.2 Å². The number of nitrogens with one attached hydrogen (secondary N) is 2. The number of aromatic nitrogens is 2. The van der Waals surface area contributed by atoms with Gasteiger partial charge in [-0.2, -0.15) is 10.4 Å². The normalized spacial score (nSPS) is 10.7. The number of anilines is 1. The number of hydrazone groups is 1. The van der Waals surface area contributed by atoms with Crippen LogP contribution in [0.4, 0.5) is 5.95 Å². The standard InChI is InChI=1S/C25H17Cl2N5O2/c26-21-11-18(34-15-16-7-3-1-4-8-16)12-22(27)20(21)14-29-32-25-30-23(17-9-5-2-6-10-17)19(13-28)24(33)31-25/h1-12,14H,15H2,(H2,30,31,32,33). The Morgan fingerprint density at radius 1 is 1.06 bits per heavy atom. The van der Waals surface area contributed by atoms with Crippen molar-refractivity contribution in [3.05, 3.63) is 110 Å². The van der Waals surface area contributed by atoms with Gasteiger partial charge in [0.2, 0.25) is 5.95 Å². The maximum Gasteiger partial charge on any atom is 0.270 e. The molecule has 4 aromatic rings. The summed E-state index contributed by atoms with van der Waals surface area (Å²) < 4.78 is 5.77. The van der Waals surface area contributed by atoms with Crippen molar-refractivity contribution in [2.24, 2.45) is 5.10 Å². The number of ether oxygens (including phenoxy) is 1. The number of H-pyrrole nitrogens is 1. The number of benzene rings is 3. The zero-order chi connectivity index (χ0) is 23.9. The molecular weight excluding hydrogens is 473 g/mol. The van der Waals surface area contributed by atoms with Crippen LogP contribution < -0.4 is 15.7 Å². The summed E-state index contributed by atoms with van der Waals surface area (Å²) in [6.45, 7) is 0.379. The lowest BCUT2D eigenvalue weighted by atomic mass is 10.1. The molecule has 0 spiro atoms. The number of nitrogens with zero attached hydrogens (tertiary/aromatic N) is 3. The largest absolute Gasteiger partial charge is 0.489 e. The maximum atomic E-state index is 12.3. The Bertz CT molecular complexity index is 1410. The molecule has 168 valence electrons. The summed E-state index contributed by atoms with van der Waals surface area (Å²) in [7, 11) is 0. The predicted octanol–water partition coefficient (Wildman–Crippen LogP) is 5.64.